The van der Waals surface area contributed by atoms with Gasteiger partial charge in [-0.3, -0.25) is 19.8 Å². The number of hydrogen-bond donors (Lipinski definition) is 4. The SMILES string of the molecule is COc1c(Nc2cc(C)[nH]n2)nc(Sc2ccc(CC(C)=O)cc2)nc1N1CCN(CCN=C(N)N)CC1. The Morgan fingerprint density at radius 2 is 1.92 bits per heavy atom. The molecule has 0 amide bonds. The van der Waals surface area contributed by atoms with Crippen LogP contribution < -0.4 is 26.4 Å². The van der Waals surface area contributed by atoms with E-state index in [2.05, 4.69) is 30.3 Å². The average molecular weight is 539 g/mol. The lowest BCUT2D eigenvalue weighted by Gasteiger charge is -2.35. The lowest BCUT2D eigenvalue weighted by Crippen LogP contribution is -2.47. The number of carbonyl (C=O) groups is 1. The van der Waals surface area contributed by atoms with E-state index in [4.69, 9.17) is 26.2 Å². The van der Waals surface area contributed by atoms with Gasteiger partial charge in [-0.2, -0.15) is 5.10 Å². The van der Waals surface area contributed by atoms with Gasteiger partial charge in [0.05, 0.1) is 13.7 Å². The number of rotatable bonds is 11. The summed E-state index contributed by atoms with van der Waals surface area (Å²) in [6, 6.07) is 9.78. The number of piperazine rings is 1. The van der Waals surface area contributed by atoms with Gasteiger partial charge in [0.1, 0.15) is 5.78 Å². The summed E-state index contributed by atoms with van der Waals surface area (Å²) in [4.78, 5) is 30.7. The Kier molecular flexibility index (Phi) is 9.02. The number of benzene rings is 1. The van der Waals surface area contributed by atoms with Crippen LogP contribution in [0.4, 0.5) is 17.5 Å². The highest BCUT2D eigenvalue weighted by atomic mass is 32.2. The molecule has 6 N–H and O–H groups in total. The van der Waals surface area contributed by atoms with Crippen LogP contribution in [0.15, 0.2) is 45.4 Å². The highest BCUT2D eigenvalue weighted by molar-refractivity contribution is 7.99. The van der Waals surface area contributed by atoms with E-state index in [-0.39, 0.29) is 11.7 Å². The standard InChI is InChI=1S/C25H34N10O2S/c1-16-14-20(33-32-16)29-22-21(37-3)23(35-12-10-34(11-13-35)9-8-28-24(26)27)31-25(30-22)38-19-6-4-18(5-7-19)15-17(2)36/h4-7,14H,8-13,15H2,1-3H3,(H4,26,27,28)(H2,29,30,31,32,33). The Labute approximate surface area is 226 Å². The highest BCUT2D eigenvalue weighted by Crippen LogP contribution is 2.38. The second-order valence-corrected chi connectivity index (χ2v) is 10.1. The number of methoxy groups -OCH3 is 1. The maximum Gasteiger partial charge on any atom is 0.204 e. The van der Waals surface area contributed by atoms with Crippen LogP contribution in [0.1, 0.15) is 18.2 Å². The molecule has 202 valence electrons. The van der Waals surface area contributed by atoms with E-state index in [0.717, 1.165) is 54.7 Å². The predicted octanol–water partition coefficient (Wildman–Crippen LogP) is 1.94. The first-order valence-corrected chi connectivity index (χ1v) is 13.2. The molecule has 1 saturated heterocycles. The molecule has 2 aromatic heterocycles. The second kappa shape index (κ2) is 12.6. The van der Waals surface area contributed by atoms with Gasteiger partial charge in [0, 0.05) is 55.8 Å². The fraction of sp³-hybridized carbons (Fsp3) is 0.400. The molecule has 13 heteroatoms. The van der Waals surface area contributed by atoms with Crippen molar-refractivity contribution in [2.24, 2.45) is 16.5 Å². The molecule has 1 aromatic carbocycles. The van der Waals surface area contributed by atoms with E-state index in [1.165, 1.54) is 11.8 Å². The van der Waals surface area contributed by atoms with Gasteiger partial charge in [-0.05, 0) is 43.3 Å². The number of aryl methyl sites for hydroxylation is 1. The van der Waals surface area contributed by atoms with Crippen molar-refractivity contribution in [2.75, 3.05) is 56.6 Å². The minimum Gasteiger partial charge on any atom is -0.490 e. The molecule has 3 aromatic rings. The Morgan fingerprint density at radius 1 is 1.18 bits per heavy atom. The van der Waals surface area contributed by atoms with E-state index in [1.807, 2.05) is 37.3 Å². The third-order valence-corrected chi connectivity index (χ3v) is 6.82. The molecule has 3 heterocycles. The Hall–Kier alpha value is -3.84. The van der Waals surface area contributed by atoms with Crippen LogP contribution in [0, 0.1) is 6.92 Å². The van der Waals surface area contributed by atoms with Crippen molar-refractivity contribution in [1.29, 1.82) is 0 Å². The number of guanidine groups is 1. The van der Waals surface area contributed by atoms with Crippen molar-refractivity contribution in [1.82, 2.24) is 25.1 Å². The molecular weight excluding hydrogens is 504 g/mol. The van der Waals surface area contributed by atoms with Crippen LogP contribution >= 0.6 is 11.8 Å². The molecule has 0 bridgehead atoms. The number of anilines is 3. The molecule has 1 fully saturated rings. The van der Waals surface area contributed by atoms with Crippen molar-refractivity contribution in [3.63, 3.8) is 0 Å². The lowest BCUT2D eigenvalue weighted by atomic mass is 10.1. The van der Waals surface area contributed by atoms with Gasteiger partial charge in [0.25, 0.3) is 0 Å². The fourth-order valence-corrected chi connectivity index (χ4v) is 4.88. The Balaban J connectivity index is 1.58. The highest BCUT2D eigenvalue weighted by Gasteiger charge is 2.25. The molecular formula is C25H34N10O2S. The summed E-state index contributed by atoms with van der Waals surface area (Å²) in [5.74, 6) is 2.70. The number of hydrogen-bond acceptors (Lipinski definition) is 10. The van der Waals surface area contributed by atoms with E-state index < -0.39 is 0 Å². The number of nitrogens with two attached hydrogens (primary N) is 2. The summed E-state index contributed by atoms with van der Waals surface area (Å²) in [5, 5.41) is 11.1. The summed E-state index contributed by atoms with van der Waals surface area (Å²) in [5.41, 5.74) is 12.8. The second-order valence-electron chi connectivity index (χ2n) is 9.03. The number of H-pyrrole nitrogens is 1. The number of aromatic amines is 1. The molecule has 0 radical (unpaired) electrons. The number of aromatic nitrogens is 4. The molecule has 0 unspecified atom stereocenters. The molecule has 0 aliphatic carbocycles. The topological polar surface area (TPSA) is 164 Å². The number of aliphatic imine (C=N–C) groups is 1. The first-order chi connectivity index (χ1) is 18.3. The number of ketones is 1. The normalized spacial score (nSPS) is 13.8. The molecule has 0 saturated carbocycles. The number of Topliss-reactive ketones (excluding diaryl/α,β-unsaturated/α-hetero) is 1. The summed E-state index contributed by atoms with van der Waals surface area (Å²) >= 11 is 1.45. The van der Waals surface area contributed by atoms with Gasteiger partial charge in [0.2, 0.25) is 5.75 Å². The van der Waals surface area contributed by atoms with Crippen LogP contribution in [0.2, 0.25) is 0 Å². The van der Waals surface area contributed by atoms with E-state index in [9.17, 15) is 4.79 Å². The quantitative estimate of drug-likeness (QED) is 0.160. The third kappa shape index (κ3) is 7.35. The smallest absolute Gasteiger partial charge is 0.204 e. The van der Waals surface area contributed by atoms with Gasteiger partial charge in [-0.15, -0.1) is 0 Å². The van der Waals surface area contributed by atoms with E-state index in [0.29, 0.717) is 35.5 Å². The molecule has 1 aliphatic rings. The van der Waals surface area contributed by atoms with Crippen LogP contribution in [0.3, 0.4) is 0 Å². The van der Waals surface area contributed by atoms with Crippen LogP contribution in [-0.2, 0) is 11.2 Å². The molecule has 38 heavy (non-hydrogen) atoms. The Morgan fingerprint density at radius 3 is 2.53 bits per heavy atom. The third-order valence-electron chi connectivity index (χ3n) is 5.95. The van der Waals surface area contributed by atoms with Crippen molar-refractivity contribution in [3.05, 3.63) is 41.6 Å². The summed E-state index contributed by atoms with van der Waals surface area (Å²) in [6.45, 7) is 8.10. The number of carbonyl (C=O) groups excluding carboxylic acids is 1. The summed E-state index contributed by atoms with van der Waals surface area (Å²) in [7, 11) is 1.62. The molecule has 4 rings (SSSR count). The fourth-order valence-electron chi connectivity index (χ4n) is 4.13. The minimum atomic E-state index is 0.111. The maximum atomic E-state index is 11.5. The van der Waals surface area contributed by atoms with Crippen molar-refractivity contribution in [3.8, 4) is 5.75 Å². The van der Waals surface area contributed by atoms with Crippen molar-refractivity contribution >= 4 is 41.0 Å². The monoisotopic (exact) mass is 538 g/mol. The van der Waals surface area contributed by atoms with Crippen molar-refractivity contribution in [2.45, 2.75) is 30.3 Å². The molecule has 12 nitrogen and oxygen atoms in total. The van der Waals surface area contributed by atoms with Crippen LogP contribution in [0.25, 0.3) is 0 Å². The largest absolute Gasteiger partial charge is 0.490 e. The number of ether oxygens (including phenoxy) is 1. The van der Waals surface area contributed by atoms with Gasteiger partial charge >= 0.3 is 0 Å². The average Bonchev–Trinajstić information content (AvgIpc) is 3.29. The molecule has 0 spiro atoms. The first kappa shape index (κ1) is 27.2. The summed E-state index contributed by atoms with van der Waals surface area (Å²) in [6.07, 6.45) is 0.420. The zero-order valence-corrected chi connectivity index (χ0v) is 22.7. The zero-order chi connectivity index (χ0) is 27.1. The van der Waals surface area contributed by atoms with Gasteiger partial charge in [-0.1, -0.05) is 12.1 Å². The zero-order valence-electron chi connectivity index (χ0n) is 21.9. The minimum absolute atomic E-state index is 0.111. The molecule has 1 aliphatic heterocycles. The Bertz CT molecular complexity index is 1270. The maximum absolute atomic E-state index is 11.5. The first-order valence-electron chi connectivity index (χ1n) is 12.3. The predicted molar refractivity (Wildman–Crippen MR) is 149 cm³/mol. The van der Waals surface area contributed by atoms with E-state index >= 15 is 0 Å². The molecule has 0 atom stereocenters. The summed E-state index contributed by atoms with van der Waals surface area (Å²) < 4.78 is 5.82. The lowest BCUT2D eigenvalue weighted by molar-refractivity contribution is -0.116. The van der Waals surface area contributed by atoms with E-state index in [1.54, 1.807) is 14.0 Å². The van der Waals surface area contributed by atoms with Gasteiger partial charge in [-0.25, -0.2) is 9.97 Å². The van der Waals surface area contributed by atoms with Gasteiger partial charge < -0.3 is 26.4 Å². The van der Waals surface area contributed by atoms with Gasteiger partial charge in [0.15, 0.2) is 28.6 Å². The number of nitrogens with zero attached hydrogens (tertiary/aromatic N) is 6. The number of nitrogens with one attached hydrogen (secondary N) is 2. The van der Waals surface area contributed by atoms with Crippen LogP contribution in [-0.4, -0.2) is 83.2 Å². The van der Waals surface area contributed by atoms with Crippen molar-refractivity contribution < 1.29 is 9.53 Å². The van der Waals surface area contributed by atoms with Crippen LogP contribution in [0.5, 0.6) is 5.75 Å².